The molecule has 22 heavy (non-hydrogen) atoms. The van der Waals surface area contributed by atoms with Gasteiger partial charge in [-0.3, -0.25) is 0 Å². The summed E-state index contributed by atoms with van der Waals surface area (Å²) < 4.78 is 11.2. The van der Waals surface area contributed by atoms with Gasteiger partial charge in [-0.2, -0.15) is 0 Å². The van der Waals surface area contributed by atoms with Crippen LogP contribution in [0.5, 0.6) is 5.75 Å². The van der Waals surface area contributed by atoms with E-state index < -0.39 is 6.10 Å². The number of ether oxygens (including phenoxy) is 2. The lowest BCUT2D eigenvalue weighted by atomic mass is 10.00. The Labute approximate surface area is 131 Å². The van der Waals surface area contributed by atoms with Crippen molar-refractivity contribution in [2.45, 2.75) is 32.0 Å². The topological polar surface area (TPSA) is 38.7 Å². The predicted molar refractivity (Wildman–Crippen MR) is 89.3 cm³/mol. The van der Waals surface area contributed by atoms with Gasteiger partial charge in [0, 0.05) is 12.0 Å². The van der Waals surface area contributed by atoms with Crippen molar-refractivity contribution in [3.05, 3.63) is 47.5 Å². The zero-order chi connectivity index (χ0) is 15.5. The summed E-state index contributed by atoms with van der Waals surface area (Å²) in [6, 6.07) is 10.4. The molecule has 2 aromatic rings. The summed E-state index contributed by atoms with van der Waals surface area (Å²) in [5.74, 6) is 0.875. The van der Waals surface area contributed by atoms with E-state index in [9.17, 15) is 5.11 Å². The number of hydrogen-bond donors (Lipinski definition) is 1. The molecule has 3 heteroatoms. The zero-order valence-corrected chi connectivity index (χ0v) is 13.1. The smallest absolute Gasteiger partial charge is 0.127 e. The molecule has 3 nitrogen and oxygen atoms in total. The number of hydrogen-bond acceptors (Lipinski definition) is 3. The van der Waals surface area contributed by atoms with Crippen molar-refractivity contribution >= 4 is 16.8 Å². The van der Waals surface area contributed by atoms with Crippen LogP contribution < -0.4 is 4.74 Å². The normalized spacial score (nSPS) is 22.3. The molecule has 0 radical (unpaired) electrons. The van der Waals surface area contributed by atoms with E-state index in [2.05, 4.69) is 31.2 Å². The van der Waals surface area contributed by atoms with E-state index in [0.717, 1.165) is 34.9 Å². The Balaban J connectivity index is 1.94. The molecular formula is C19H22O3. The highest BCUT2D eigenvalue weighted by Crippen LogP contribution is 2.31. The molecule has 116 valence electrons. The fourth-order valence-electron chi connectivity index (χ4n) is 3.03. The monoisotopic (exact) mass is 298 g/mol. The van der Waals surface area contributed by atoms with Crippen LogP contribution in [0.4, 0.5) is 0 Å². The van der Waals surface area contributed by atoms with Crippen molar-refractivity contribution in [3.8, 4) is 5.75 Å². The molecule has 1 aliphatic heterocycles. The van der Waals surface area contributed by atoms with Crippen LogP contribution in [0.1, 0.15) is 24.0 Å². The average Bonchev–Trinajstić information content (AvgIpc) is 2.53. The maximum Gasteiger partial charge on any atom is 0.127 e. The van der Waals surface area contributed by atoms with Gasteiger partial charge in [0.1, 0.15) is 11.9 Å². The molecule has 0 bridgehead atoms. The van der Waals surface area contributed by atoms with Crippen molar-refractivity contribution in [2.24, 2.45) is 0 Å². The first-order valence-electron chi connectivity index (χ1n) is 7.74. The van der Waals surface area contributed by atoms with Gasteiger partial charge in [0.25, 0.3) is 0 Å². The van der Waals surface area contributed by atoms with E-state index in [-0.39, 0.29) is 6.10 Å². The van der Waals surface area contributed by atoms with Gasteiger partial charge in [-0.1, -0.05) is 30.4 Å². The molecule has 1 fully saturated rings. The summed E-state index contributed by atoms with van der Waals surface area (Å²) in [6.45, 7) is 2.80. The van der Waals surface area contributed by atoms with Gasteiger partial charge in [-0.15, -0.1) is 0 Å². The number of rotatable bonds is 3. The number of methoxy groups -OCH3 is 1. The van der Waals surface area contributed by atoms with Crippen LogP contribution in [-0.2, 0) is 4.74 Å². The third-order valence-electron chi connectivity index (χ3n) is 4.20. The first kappa shape index (κ1) is 15.1. The van der Waals surface area contributed by atoms with E-state index in [1.165, 1.54) is 5.56 Å². The molecule has 2 aromatic carbocycles. The second kappa shape index (κ2) is 6.51. The lowest BCUT2D eigenvalue weighted by Gasteiger charge is -2.25. The van der Waals surface area contributed by atoms with Crippen molar-refractivity contribution < 1.29 is 14.6 Å². The highest BCUT2D eigenvalue weighted by molar-refractivity contribution is 5.93. The molecule has 1 aliphatic rings. The second-order valence-electron chi connectivity index (χ2n) is 5.80. The summed E-state index contributed by atoms with van der Waals surface area (Å²) in [5, 5.41) is 12.3. The van der Waals surface area contributed by atoms with Gasteiger partial charge >= 0.3 is 0 Å². The second-order valence-corrected chi connectivity index (χ2v) is 5.80. The molecule has 3 rings (SSSR count). The van der Waals surface area contributed by atoms with E-state index in [0.29, 0.717) is 6.61 Å². The minimum atomic E-state index is -0.408. The molecule has 1 N–H and O–H groups in total. The largest absolute Gasteiger partial charge is 0.496 e. The van der Waals surface area contributed by atoms with Crippen LogP contribution in [0.2, 0.25) is 0 Å². The number of aliphatic hydroxyl groups is 1. The summed E-state index contributed by atoms with van der Waals surface area (Å²) >= 11 is 0. The van der Waals surface area contributed by atoms with Crippen LogP contribution in [0.15, 0.2) is 36.4 Å². The van der Waals surface area contributed by atoms with Crippen molar-refractivity contribution in [3.63, 3.8) is 0 Å². The molecule has 0 aliphatic carbocycles. The highest BCUT2D eigenvalue weighted by Gasteiger charge is 2.20. The Kier molecular flexibility index (Phi) is 4.46. The van der Waals surface area contributed by atoms with Crippen LogP contribution in [0.25, 0.3) is 16.8 Å². The van der Waals surface area contributed by atoms with Gasteiger partial charge in [0.05, 0.1) is 13.2 Å². The van der Waals surface area contributed by atoms with Crippen molar-refractivity contribution in [1.29, 1.82) is 0 Å². The Bertz CT molecular complexity index is 690. The maximum absolute atomic E-state index is 9.95. The minimum Gasteiger partial charge on any atom is -0.496 e. The highest BCUT2D eigenvalue weighted by atomic mass is 16.5. The predicted octanol–water partition coefficient (Wildman–Crippen LogP) is 3.71. The SMILES string of the molecule is COc1cc(/C=C/[C@@H]2OCCC[C@H]2O)cc2cccc(C)c12. The Morgan fingerprint density at radius 1 is 1.32 bits per heavy atom. The first-order chi connectivity index (χ1) is 10.7. The molecule has 1 heterocycles. The molecule has 2 atom stereocenters. The average molecular weight is 298 g/mol. The number of aliphatic hydroxyl groups excluding tert-OH is 1. The van der Waals surface area contributed by atoms with E-state index in [1.807, 2.05) is 18.2 Å². The van der Waals surface area contributed by atoms with Crippen LogP contribution >= 0.6 is 0 Å². The molecule has 0 aromatic heterocycles. The maximum atomic E-state index is 9.95. The van der Waals surface area contributed by atoms with Gasteiger partial charge in [0.2, 0.25) is 0 Å². The molecule has 1 saturated heterocycles. The van der Waals surface area contributed by atoms with Crippen molar-refractivity contribution in [1.82, 2.24) is 0 Å². The van der Waals surface area contributed by atoms with E-state index in [4.69, 9.17) is 9.47 Å². The van der Waals surface area contributed by atoms with Gasteiger partial charge in [-0.25, -0.2) is 0 Å². The number of benzene rings is 2. The number of fused-ring (bicyclic) bond motifs is 1. The lowest BCUT2D eigenvalue weighted by Crippen LogP contribution is -2.32. The summed E-state index contributed by atoms with van der Waals surface area (Å²) in [4.78, 5) is 0. The van der Waals surface area contributed by atoms with Gasteiger partial charge in [0.15, 0.2) is 0 Å². The zero-order valence-electron chi connectivity index (χ0n) is 13.1. The fourth-order valence-corrected chi connectivity index (χ4v) is 3.03. The fraction of sp³-hybridized carbons (Fsp3) is 0.368. The number of aryl methyl sites for hydroxylation is 1. The van der Waals surface area contributed by atoms with Crippen LogP contribution in [0.3, 0.4) is 0 Å². The summed E-state index contributed by atoms with van der Waals surface area (Å²) in [6.07, 6.45) is 5.05. The Morgan fingerprint density at radius 3 is 2.95 bits per heavy atom. The molecule has 0 unspecified atom stereocenters. The Hall–Kier alpha value is -1.84. The molecular weight excluding hydrogens is 276 g/mol. The molecule has 0 amide bonds. The summed E-state index contributed by atoms with van der Waals surface area (Å²) in [5.41, 5.74) is 2.26. The van der Waals surface area contributed by atoms with Crippen molar-refractivity contribution in [2.75, 3.05) is 13.7 Å². The Morgan fingerprint density at radius 2 is 2.18 bits per heavy atom. The summed E-state index contributed by atoms with van der Waals surface area (Å²) in [7, 11) is 1.70. The third kappa shape index (κ3) is 3.01. The van der Waals surface area contributed by atoms with E-state index >= 15 is 0 Å². The molecule has 0 spiro atoms. The molecule has 0 saturated carbocycles. The standard InChI is InChI=1S/C19H22O3/c1-13-5-3-6-15-11-14(12-18(21-2)19(13)15)8-9-17-16(20)7-4-10-22-17/h3,5-6,8-9,11-12,16-17,20H,4,7,10H2,1-2H3/b9-8+/t16-,17+/m1/s1. The van der Waals surface area contributed by atoms with Crippen LogP contribution in [-0.4, -0.2) is 31.0 Å². The first-order valence-corrected chi connectivity index (χ1v) is 7.74. The lowest BCUT2D eigenvalue weighted by molar-refractivity contribution is -0.0479. The minimum absolute atomic E-state index is 0.215. The quantitative estimate of drug-likeness (QED) is 0.939. The van der Waals surface area contributed by atoms with Gasteiger partial charge in [-0.05, 0) is 48.4 Å². The third-order valence-corrected chi connectivity index (χ3v) is 4.20. The van der Waals surface area contributed by atoms with E-state index in [1.54, 1.807) is 7.11 Å². The van der Waals surface area contributed by atoms with Crippen LogP contribution in [0, 0.1) is 6.92 Å². The van der Waals surface area contributed by atoms with Gasteiger partial charge < -0.3 is 14.6 Å².